The van der Waals surface area contributed by atoms with Crippen LogP contribution in [0.4, 0.5) is 5.69 Å². The normalized spacial score (nSPS) is 23.5. The first-order valence-corrected chi connectivity index (χ1v) is 5.98. The summed E-state index contributed by atoms with van der Waals surface area (Å²) in [5, 5.41) is 3.66. The Bertz CT molecular complexity index is 654. The van der Waals surface area contributed by atoms with Crippen molar-refractivity contribution in [3.8, 4) is 0 Å². The molecule has 2 aromatic carbocycles. The molecule has 0 spiro atoms. The molecule has 1 heteroatoms. The van der Waals surface area contributed by atoms with Crippen LogP contribution in [0.3, 0.4) is 0 Å². The number of fused-ring (bicyclic) bond motifs is 5. The highest BCUT2D eigenvalue weighted by Gasteiger charge is 2.42. The molecule has 0 bridgehead atoms. The van der Waals surface area contributed by atoms with Gasteiger partial charge in [0.05, 0.1) is 5.54 Å². The molecule has 0 saturated heterocycles. The summed E-state index contributed by atoms with van der Waals surface area (Å²) in [5.41, 5.74) is 6.66. The zero-order valence-electron chi connectivity index (χ0n) is 9.70. The largest absolute Gasteiger partial charge is 0.371 e. The van der Waals surface area contributed by atoms with Crippen molar-refractivity contribution in [1.82, 2.24) is 0 Å². The van der Waals surface area contributed by atoms with Gasteiger partial charge in [0.25, 0.3) is 0 Å². The number of anilines is 1. The Morgan fingerprint density at radius 3 is 2.65 bits per heavy atom. The molecule has 0 amide bonds. The van der Waals surface area contributed by atoms with Crippen LogP contribution in [-0.4, -0.2) is 0 Å². The lowest BCUT2D eigenvalue weighted by Gasteiger charge is -2.24. The summed E-state index contributed by atoms with van der Waals surface area (Å²) in [6.45, 7) is 2.27. The van der Waals surface area contributed by atoms with Crippen LogP contribution < -0.4 is 5.32 Å². The maximum atomic E-state index is 3.66. The van der Waals surface area contributed by atoms with Crippen molar-refractivity contribution in [3.63, 3.8) is 0 Å². The van der Waals surface area contributed by atoms with E-state index in [1.807, 2.05) is 0 Å². The summed E-state index contributed by atoms with van der Waals surface area (Å²) in [6, 6.07) is 17.2. The van der Waals surface area contributed by atoms with Gasteiger partial charge in [-0.2, -0.15) is 0 Å². The number of para-hydroxylation sites is 1. The van der Waals surface area contributed by atoms with Gasteiger partial charge in [-0.25, -0.2) is 0 Å². The molecular weight excluding hydrogens is 206 g/mol. The smallest absolute Gasteiger partial charge is 0.0863 e. The zero-order chi connectivity index (χ0) is 11.5. The summed E-state index contributed by atoms with van der Waals surface area (Å²) >= 11 is 0. The minimum Gasteiger partial charge on any atom is -0.371 e. The van der Waals surface area contributed by atoms with Gasteiger partial charge in [0, 0.05) is 11.3 Å². The van der Waals surface area contributed by atoms with Crippen LogP contribution >= 0.6 is 0 Å². The Morgan fingerprint density at radius 2 is 1.71 bits per heavy atom. The second-order valence-corrected chi connectivity index (χ2v) is 4.94. The molecule has 0 saturated carbocycles. The van der Waals surface area contributed by atoms with E-state index in [1.165, 1.54) is 28.0 Å². The lowest BCUT2D eigenvalue weighted by atomic mass is 9.89. The van der Waals surface area contributed by atoms with E-state index in [0.29, 0.717) is 0 Å². The summed E-state index contributed by atoms with van der Waals surface area (Å²) in [6.07, 6.45) is 2.31. The van der Waals surface area contributed by atoms with Gasteiger partial charge in [-0.05, 0) is 35.8 Å². The van der Waals surface area contributed by atoms with E-state index in [2.05, 4.69) is 66.8 Å². The van der Waals surface area contributed by atoms with Crippen molar-refractivity contribution >= 4 is 17.3 Å². The van der Waals surface area contributed by atoms with E-state index in [0.717, 1.165) is 0 Å². The number of nitrogens with one attached hydrogen (secondary N) is 1. The molecule has 1 aliphatic heterocycles. The maximum absolute atomic E-state index is 3.66. The first-order valence-electron chi connectivity index (χ1n) is 5.98. The molecular formula is C16H13N. The van der Waals surface area contributed by atoms with Crippen LogP contribution in [0.1, 0.15) is 23.6 Å². The van der Waals surface area contributed by atoms with Crippen molar-refractivity contribution in [2.75, 3.05) is 5.32 Å². The predicted octanol–water partition coefficient (Wildman–Crippen LogP) is 3.88. The third kappa shape index (κ3) is 0.992. The van der Waals surface area contributed by atoms with Crippen LogP contribution in [0.5, 0.6) is 0 Å². The predicted molar refractivity (Wildman–Crippen MR) is 71.7 cm³/mol. The highest BCUT2D eigenvalue weighted by atomic mass is 15.0. The van der Waals surface area contributed by atoms with Crippen LogP contribution in [0.15, 0.2) is 48.5 Å². The van der Waals surface area contributed by atoms with Gasteiger partial charge in [0.1, 0.15) is 0 Å². The van der Waals surface area contributed by atoms with Crippen LogP contribution in [-0.2, 0) is 5.54 Å². The van der Waals surface area contributed by atoms with E-state index >= 15 is 0 Å². The maximum Gasteiger partial charge on any atom is 0.0863 e. The summed E-state index contributed by atoms with van der Waals surface area (Å²) < 4.78 is 0. The molecule has 2 aromatic rings. The van der Waals surface area contributed by atoms with Gasteiger partial charge >= 0.3 is 0 Å². The van der Waals surface area contributed by atoms with Crippen molar-refractivity contribution in [2.45, 2.75) is 12.5 Å². The topological polar surface area (TPSA) is 12.0 Å². The van der Waals surface area contributed by atoms with E-state index in [1.54, 1.807) is 0 Å². The molecule has 1 aliphatic carbocycles. The van der Waals surface area contributed by atoms with Crippen molar-refractivity contribution in [2.24, 2.45) is 0 Å². The zero-order valence-corrected chi connectivity index (χ0v) is 9.70. The summed E-state index contributed by atoms with van der Waals surface area (Å²) in [4.78, 5) is 0. The summed E-state index contributed by atoms with van der Waals surface area (Å²) in [5.74, 6) is 0. The summed E-state index contributed by atoms with van der Waals surface area (Å²) in [7, 11) is 0. The molecule has 4 rings (SSSR count). The number of hydrogen-bond donors (Lipinski definition) is 1. The Labute approximate surface area is 101 Å². The Hall–Kier alpha value is -2.02. The molecule has 2 aliphatic rings. The molecule has 0 radical (unpaired) electrons. The minimum absolute atomic E-state index is 0.0414. The monoisotopic (exact) mass is 219 g/mol. The van der Waals surface area contributed by atoms with Crippen molar-refractivity contribution in [3.05, 3.63) is 65.2 Å². The lowest BCUT2D eigenvalue weighted by Crippen LogP contribution is -2.26. The molecule has 1 nitrogen and oxygen atoms in total. The second kappa shape index (κ2) is 2.80. The van der Waals surface area contributed by atoms with E-state index < -0.39 is 0 Å². The molecule has 0 fully saturated rings. The molecule has 1 atom stereocenters. The third-order valence-corrected chi connectivity index (χ3v) is 3.94. The van der Waals surface area contributed by atoms with E-state index in [4.69, 9.17) is 0 Å². The van der Waals surface area contributed by atoms with E-state index in [9.17, 15) is 0 Å². The average Bonchev–Trinajstić information content (AvgIpc) is 2.79. The van der Waals surface area contributed by atoms with Gasteiger partial charge in [-0.15, -0.1) is 0 Å². The Morgan fingerprint density at radius 1 is 0.941 bits per heavy atom. The van der Waals surface area contributed by atoms with Crippen LogP contribution in [0.25, 0.3) is 11.6 Å². The Balaban J connectivity index is 2.02. The third-order valence-electron chi connectivity index (χ3n) is 3.94. The SMILES string of the molecule is CC12Nc3ccccc3C1=Cc1ccccc12. The minimum atomic E-state index is -0.0414. The van der Waals surface area contributed by atoms with E-state index in [-0.39, 0.29) is 5.54 Å². The molecule has 17 heavy (non-hydrogen) atoms. The molecule has 1 unspecified atom stereocenters. The fourth-order valence-corrected chi connectivity index (χ4v) is 3.10. The average molecular weight is 219 g/mol. The molecule has 0 aromatic heterocycles. The first-order chi connectivity index (χ1) is 8.29. The highest BCUT2D eigenvalue weighted by molar-refractivity contribution is 6.02. The van der Waals surface area contributed by atoms with Gasteiger partial charge in [0.2, 0.25) is 0 Å². The lowest BCUT2D eigenvalue weighted by molar-refractivity contribution is 0.744. The fraction of sp³-hybridized carbons (Fsp3) is 0.125. The number of benzene rings is 2. The Kier molecular flexibility index (Phi) is 1.49. The first kappa shape index (κ1) is 9.06. The molecule has 1 heterocycles. The van der Waals surface area contributed by atoms with Crippen molar-refractivity contribution in [1.29, 1.82) is 0 Å². The second-order valence-electron chi connectivity index (χ2n) is 4.94. The van der Waals surface area contributed by atoms with Gasteiger partial charge < -0.3 is 5.32 Å². The van der Waals surface area contributed by atoms with Crippen LogP contribution in [0, 0.1) is 0 Å². The fourth-order valence-electron chi connectivity index (χ4n) is 3.10. The van der Waals surface area contributed by atoms with Crippen molar-refractivity contribution < 1.29 is 0 Å². The molecule has 1 N–H and O–H groups in total. The number of rotatable bonds is 0. The number of hydrogen-bond acceptors (Lipinski definition) is 1. The highest BCUT2D eigenvalue weighted by Crippen LogP contribution is 2.53. The quantitative estimate of drug-likeness (QED) is 0.709. The molecule has 82 valence electrons. The van der Waals surface area contributed by atoms with Gasteiger partial charge in [0.15, 0.2) is 0 Å². The van der Waals surface area contributed by atoms with Gasteiger partial charge in [-0.1, -0.05) is 42.5 Å². The van der Waals surface area contributed by atoms with Gasteiger partial charge in [-0.3, -0.25) is 0 Å². The standard InChI is InChI=1S/C16H13N/c1-16-13-8-4-2-6-11(13)10-14(16)12-7-3-5-9-15(12)17-16/h2-10,17H,1H3. The van der Waals surface area contributed by atoms with Crippen LogP contribution in [0.2, 0.25) is 0 Å².